The highest BCUT2D eigenvalue weighted by atomic mass is 16.5. The van der Waals surface area contributed by atoms with Gasteiger partial charge in [-0.1, -0.05) is 0 Å². The Morgan fingerprint density at radius 1 is 1.38 bits per heavy atom. The van der Waals surface area contributed by atoms with Crippen molar-refractivity contribution < 1.29 is 14.6 Å². The lowest BCUT2D eigenvalue weighted by Gasteiger charge is -2.35. The molecule has 2 rings (SSSR count). The average Bonchev–Trinajstić information content (AvgIpc) is 2.23. The van der Waals surface area contributed by atoms with Crippen LogP contribution in [0.5, 0.6) is 0 Å². The molecule has 0 bridgehead atoms. The van der Waals surface area contributed by atoms with Crippen LogP contribution in [-0.4, -0.2) is 61.4 Å². The Morgan fingerprint density at radius 2 is 2.12 bits per heavy atom. The third-order valence-electron chi connectivity index (χ3n) is 3.53. The highest BCUT2D eigenvalue weighted by Gasteiger charge is 2.35. The molecule has 1 saturated heterocycles. The van der Waals surface area contributed by atoms with Crippen LogP contribution in [0.4, 0.5) is 0 Å². The van der Waals surface area contributed by atoms with Crippen molar-refractivity contribution in [2.75, 3.05) is 39.4 Å². The molecule has 1 aliphatic heterocycles. The zero-order valence-electron chi connectivity index (χ0n) is 9.52. The van der Waals surface area contributed by atoms with Gasteiger partial charge in [0.15, 0.2) is 0 Å². The third kappa shape index (κ3) is 2.93. The van der Waals surface area contributed by atoms with Gasteiger partial charge in [-0.2, -0.15) is 0 Å². The van der Waals surface area contributed by atoms with E-state index in [1.807, 2.05) is 0 Å². The van der Waals surface area contributed by atoms with Crippen LogP contribution in [0.3, 0.4) is 0 Å². The first-order valence-corrected chi connectivity index (χ1v) is 6.03. The summed E-state index contributed by atoms with van der Waals surface area (Å²) in [6, 6.07) is 0.193. The molecule has 0 aromatic rings. The number of hydrogen-bond acceptors (Lipinski definition) is 4. The van der Waals surface area contributed by atoms with Crippen molar-refractivity contribution in [3.05, 3.63) is 0 Å². The van der Waals surface area contributed by atoms with Gasteiger partial charge in [-0.3, -0.25) is 9.69 Å². The molecule has 1 aliphatic carbocycles. The molecule has 2 fully saturated rings. The van der Waals surface area contributed by atoms with Crippen molar-refractivity contribution >= 4 is 5.97 Å². The molecule has 2 unspecified atom stereocenters. The first kappa shape index (κ1) is 11.8. The minimum absolute atomic E-state index is 0.162. The Labute approximate surface area is 95.8 Å². The predicted octanol–water partition coefficient (Wildman–Crippen LogP) is -0.229. The average molecular weight is 228 g/mol. The van der Waals surface area contributed by atoms with Gasteiger partial charge >= 0.3 is 5.97 Å². The maximum atomic E-state index is 10.8. The van der Waals surface area contributed by atoms with E-state index in [0.29, 0.717) is 0 Å². The zero-order valence-corrected chi connectivity index (χ0v) is 9.52. The van der Waals surface area contributed by atoms with Gasteiger partial charge in [-0.25, -0.2) is 0 Å². The largest absolute Gasteiger partial charge is 0.481 e. The Bertz CT molecular complexity index is 241. The summed E-state index contributed by atoms with van der Waals surface area (Å²) in [5, 5.41) is 12.2. The maximum absolute atomic E-state index is 10.8. The number of carboxylic acids is 1. The topological polar surface area (TPSA) is 61.8 Å². The van der Waals surface area contributed by atoms with Crippen molar-refractivity contribution in [3.8, 4) is 0 Å². The fourth-order valence-electron chi connectivity index (χ4n) is 2.27. The molecule has 2 atom stereocenters. The molecule has 0 aromatic heterocycles. The Kier molecular flexibility index (Phi) is 4.15. The highest BCUT2D eigenvalue weighted by Crippen LogP contribution is 2.27. The quantitative estimate of drug-likeness (QED) is 0.680. The molecule has 0 amide bonds. The monoisotopic (exact) mass is 228 g/mol. The normalized spacial score (nSPS) is 31.0. The van der Waals surface area contributed by atoms with Gasteiger partial charge in [-0.15, -0.1) is 0 Å². The van der Waals surface area contributed by atoms with Gasteiger partial charge in [0.1, 0.15) is 0 Å². The lowest BCUT2D eigenvalue weighted by atomic mass is 9.79. The van der Waals surface area contributed by atoms with Crippen LogP contribution in [0.25, 0.3) is 0 Å². The molecule has 2 N–H and O–H groups in total. The van der Waals surface area contributed by atoms with E-state index >= 15 is 0 Å². The number of ether oxygens (including phenoxy) is 1. The van der Waals surface area contributed by atoms with Crippen molar-refractivity contribution in [3.63, 3.8) is 0 Å². The summed E-state index contributed by atoms with van der Waals surface area (Å²) in [5.41, 5.74) is 0. The number of hydrogen-bond donors (Lipinski definition) is 2. The van der Waals surface area contributed by atoms with Crippen molar-refractivity contribution in [1.82, 2.24) is 10.2 Å². The second kappa shape index (κ2) is 5.61. The molecule has 2 aliphatic rings. The molecule has 5 nitrogen and oxygen atoms in total. The minimum atomic E-state index is -0.657. The van der Waals surface area contributed by atoms with Crippen LogP contribution < -0.4 is 5.32 Å². The van der Waals surface area contributed by atoms with Gasteiger partial charge in [0.05, 0.1) is 19.1 Å². The number of rotatable bonds is 5. The van der Waals surface area contributed by atoms with Crippen molar-refractivity contribution in [1.29, 1.82) is 0 Å². The molecule has 0 aromatic carbocycles. The molecule has 1 heterocycles. The van der Waals surface area contributed by atoms with E-state index in [1.54, 1.807) is 0 Å². The lowest BCUT2D eigenvalue weighted by Crippen LogP contribution is -2.50. The summed E-state index contributed by atoms with van der Waals surface area (Å²) in [5.74, 6) is -0.820. The zero-order chi connectivity index (χ0) is 11.4. The van der Waals surface area contributed by atoms with Crippen LogP contribution in [0, 0.1) is 5.92 Å². The van der Waals surface area contributed by atoms with Gasteiger partial charge in [0, 0.05) is 32.2 Å². The summed E-state index contributed by atoms with van der Waals surface area (Å²) in [6.07, 6.45) is 1.82. The molecule has 16 heavy (non-hydrogen) atoms. The van der Waals surface area contributed by atoms with Gasteiger partial charge in [0.2, 0.25) is 0 Å². The third-order valence-corrected chi connectivity index (χ3v) is 3.53. The van der Waals surface area contributed by atoms with E-state index in [9.17, 15) is 4.79 Å². The molecular formula is C11H20N2O3. The minimum Gasteiger partial charge on any atom is -0.481 e. The van der Waals surface area contributed by atoms with Gasteiger partial charge < -0.3 is 15.2 Å². The standard InChI is InChI=1S/C11H20N2O3/c14-11(15)9-1-2-10(9)12-3-4-13-5-7-16-8-6-13/h9-10,12H,1-8H2,(H,14,15). The number of carbonyl (C=O) groups is 1. The second-order valence-electron chi connectivity index (χ2n) is 4.54. The summed E-state index contributed by atoms with van der Waals surface area (Å²) in [6.45, 7) is 5.51. The molecule has 0 spiro atoms. The van der Waals surface area contributed by atoms with Crippen molar-refractivity contribution in [2.24, 2.45) is 5.92 Å². The maximum Gasteiger partial charge on any atom is 0.308 e. The molecule has 0 radical (unpaired) electrons. The lowest BCUT2D eigenvalue weighted by molar-refractivity contribution is -0.146. The number of aliphatic carboxylic acids is 1. The number of carboxylic acid groups (broad SMARTS) is 1. The van der Waals surface area contributed by atoms with Gasteiger partial charge in [0.25, 0.3) is 0 Å². The van der Waals surface area contributed by atoms with E-state index in [2.05, 4.69) is 10.2 Å². The summed E-state index contributed by atoms with van der Waals surface area (Å²) < 4.78 is 5.27. The summed E-state index contributed by atoms with van der Waals surface area (Å²) in [7, 11) is 0. The Hall–Kier alpha value is -0.650. The van der Waals surface area contributed by atoms with E-state index < -0.39 is 5.97 Å². The van der Waals surface area contributed by atoms with Crippen LogP contribution in [0.15, 0.2) is 0 Å². The van der Waals surface area contributed by atoms with E-state index in [4.69, 9.17) is 9.84 Å². The van der Waals surface area contributed by atoms with Gasteiger partial charge in [-0.05, 0) is 12.8 Å². The number of nitrogens with one attached hydrogen (secondary N) is 1. The summed E-state index contributed by atoms with van der Waals surface area (Å²) in [4.78, 5) is 13.1. The molecule has 92 valence electrons. The van der Waals surface area contributed by atoms with Crippen molar-refractivity contribution in [2.45, 2.75) is 18.9 Å². The van der Waals surface area contributed by atoms with E-state index in [-0.39, 0.29) is 12.0 Å². The fourth-order valence-corrected chi connectivity index (χ4v) is 2.27. The first-order valence-electron chi connectivity index (χ1n) is 6.03. The van der Waals surface area contributed by atoms with Crippen LogP contribution >= 0.6 is 0 Å². The first-order chi connectivity index (χ1) is 7.77. The number of nitrogens with zero attached hydrogens (tertiary/aromatic N) is 1. The summed E-state index contributed by atoms with van der Waals surface area (Å²) >= 11 is 0. The van der Waals surface area contributed by atoms with E-state index in [0.717, 1.165) is 52.2 Å². The van der Waals surface area contributed by atoms with E-state index in [1.165, 1.54) is 0 Å². The Balaban J connectivity index is 1.59. The smallest absolute Gasteiger partial charge is 0.308 e. The molecule has 5 heteroatoms. The predicted molar refractivity (Wildman–Crippen MR) is 59.4 cm³/mol. The molecular weight excluding hydrogens is 208 g/mol. The van der Waals surface area contributed by atoms with Crippen LogP contribution in [0.2, 0.25) is 0 Å². The van der Waals surface area contributed by atoms with Crippen LogP contribution in [0.1, 0.15) is 12.8 Å². The number of morpholine rings is 1. The Morgan fingerprint density at radius 3 is 2.69 bits per heavy atom. The highest BCUT2D eigenvalue weighted by molar-refractivity contribution is 5.72. The second-order valence-corrected chi connectivity index (χ2v) is 4.54. The molecule has 1 saturated carbocycles. The fraction of sp³-hybridized carbons (Fsp3) is 0.909. The van der Waals surface area contributed by atoms with Crippen LogP contribution in [-0.2, 0) is 9.53 Å². The SMILES string of the molecule is O=C(O)C1CCC1NCCN1CCOCC1.